The Hall–Kier alpha value is -1.31. The van der Waals surface area contributed by atoms with Gasteiger partial charge in [-0.25, -0.2) is 0 Å². The Kier molecular flexibility index (Phi) is 6.10. The Bertz CT molecular complexity index is 490. The van der Waals surface area contributed by atoms with Gasteiger partial charge in [-0.1, -0.05) is 31.1 Å². The SMILES string of the molecule is O=C(c1ccc(C#CCCO)s1)N1CCCCCCC1. The number of aliphatic hydroxyl groups is 1. The quantitative estimate of drug-likeness (QED) is 0.851. The van der Waals surface area contributed by atoms with Gasteiger partial charge in [0.25, 0.3) is 5.91 Å². The van der Waals surface area contributed by atoms with Gasteiger partial charge in [0, 0.05) is 19.5 Å². The predicted molar refractivity (Wildman–Crippen MR) is 81.9 cm³/mol. The molecule has 4 heteroatoms. The lowest BCUT2D eigenvalue weighted by atomic mass is 10.1. The number of likely N-dealkylation sites (tertiary alicyclic amines) is 1. The third-order valence-electron chi connectivity index (χ3n) is 3.41. The van der Waals surface area contributed by atoms with Crippen LogP contribution in [0.5, 0.6) is 0 Å². The molecule has 1 aromatic rings. The van der Waals surface area contributed by atoms with Crippen LogP contribution in [0.15, 0.2) is 12.1 Å². The van der Waals surface area contributed by atoms with Crippen molar-refractivity contribution in [2.24, 2.45) is 0 Å². The standard InChI is InChI=1S/C16H21NO2S/c18-13-7-4-8-14-9-10-15(20-14)16(19)17-11-5-2-1-3-6-12-17/h9-10,18H,1-3,5-7,11-13H2. The van der Waals surface area contributed by atoms with E-state index in [2.05, 4.69) is 11.8 Å². The summed E-state index contributed by atoms with van der Waals surface area (Å²) in [4.78, 5) is 16.1. The van der Waals surface area contributed by atoms with Crippen molar-refractivity contribution in [1.82, 2.24) is 4.90 Å². The van der Waals surface area contributed by atoms with E-state index in [1.165, 1.54) is 30.6 Å². The highest BCUT2D eigenvalue weighted by atomic mass is 32.1. The van der Waals surface area contributed by atoms with Gasteiger partial charge in [-0.3, -0.25) is 4.79 Å². The van der Waals surface area contributed by atoms with E-state index < -0.39 is 0 Å². The molecule has 1 fully saturated rings. The molecule has 1 aliphatic heterocycles. The topological polar surface area (TPSA) is 40.5 Å². The molecule has 1 aliphatic rings. The molecule has 0 aromatic carbocycles. The first kappa shape index (κ1) is 15.1. The van der Waals surface area contributed by atoms with E-state index in [9.17, 15) is 4.79 Å². The van der Waals surface area contributed by atoms with Gasteiger partial charge in [-0.2, -0.15) is 0 Å². The molecule has 2 heterocycles. The fourth-order valence-electron chi connectivity index (χ4n) is 2.33. The van der Waals surface area contributed by atoms with E-state index in [4.69, 9.17) is 5.11 Å². The van der Waals surface area contributed by atoms with Gasteiger partial charge in [-0.15, -0.1) is 11.3 Å². The Balaban J connectivity index is 1.99. The maximum atomic E-state index is 12.5. The second kappa shape index (κ2) is 8.08. The van der Waals surface area contributed by atoms with Crippen molar-refractivity contribution in [3.05, 3.63) is 21.9 Å². The summed E-state index contributed by atoms with van der Waals surface area (Å²) in [5.41, 5.74) is 0. The van der Waals surface area contributed by atoms with Crippen LogP contribution in [0.3, 0.4) is 0 Å². The summed E-state index contributed by atoms with van der Waals surface area (Å²) in [6.45, 7) is 1.84. The lowest BCUT2D eigenvalue weighted by Crippen LogP contribution is -2.33. The normalized spacial score (nSPS) is 15.9. The molecule has 0 bridgehead atoms. The minimum atomic E-state index is 0.0813. The van der Waals surface area contributed by atoms with Crippen LogP contribution in [-0.2, 0) is 0 Å². The number of hydrogen-bond acceptors (Lipinski definition) is 3. The summed E-state index contributed by atoms with van der Waals surface area (Å²) >= 11 is 1.45. The molecule has 2 rings (SSSR count). The van der Waals surface area contributed by atoms with Gasteiger partial charge in [-0.05, 0) is 25.0 Å². The summed E-state index contributed by atoms with van der Waals surface area (Å²) in [6.07, 6.45) is 6.46. The highest BCUT2D eigenvalue weighted by Gasteiger charge is 2.18. The first-order valence-electron chi connectivity index (χ1n) is 7.30. The lowest BCUT2D eigenvalue weighted by Gasteiger charge is -2.24. The molecule has 3 nitrogen and oxygen atoms in total. The van der Waals surface area contributed by atoms with Crippen LogP contribution in [0, 0.1) is 11.8 Å². The highest BCUT2D eigenvalue weighted by molar-refractivity contribution is 7.14. The van der Waals surface area contributed by atoms with Crippen LogP contribution in [0.4, 0.5) is 0 Å². The van der Waals surface area contributed by atoms with Crippen molar-refractivity contribution >= 4 is 17.2 Å². The largest absolute Gasteiger partial charge is 0.395 e. The third kappa shape index (κ3) is 4.36. The zero-order chi connectivity index (χ0) is 14.2. The smallest absolute Gasteiger partial charge is 0.263 e. The first-order valence-corrected chi connectivity index (χ1v) is 8.12. The van der Waals surface area contributed by atoms with Crippen molar-refractivity contribution in [2.75, 3.05) is 19.7 Å². The number of hydrogen-bond donors (Lipinski definition) is 1. The molecular formula is C16H21NO2S. The first-order chi connectivity index (χ1) is 9.81. The number of thiophene rings is 1. The second-order valence-corrected chi connectivity index (χ2v) is 6.08. The number of nitrogens with zero attached hydrogens (tertiary/aromatic N) is 1. The van der Waals surface area contributed by atoms with Gasteiger partial charge in [0.1, 0.15) is 0 Å². The number of carbonyl (C=O) groups excluding carboxylic acids is 1. The van der Waals surface area contributed by atoms with Gasteiger partial charge >= 0.3 is 0 Å². The molecule has 108 valence electrons. The monoisotopic (exact) mass is 291 g/mol. The third-order valence-corrected chi connectivity index (χ3v) is 4.40. The average Bonchev–Trinajstić information content (AvgIpc) is 2.87. The van der Waals surface area contributed by atoms with Crippen molar-refractivity contribution < 1.29 is 9.90 Å². The zero-order valence-corrected chi connectivity index (χ0v) is 12.5. The summed E-state index contributed by atoms with van der Waals surface area (Å²) in [5.74, 6) is 6.02. The van der Waals surface area contributed by atoms with Crippen molar-refractivity contribution in [1.29, 1.82) is 0 Å². The van der Waals surface area contributed by atoms with Crippen LogP contribution in [-0.4, -0.2) is 35.6 Å². The van der Waals surface area contributed by atoms with Gasteiger partial charge < -0.3 is 10.0 Å². The lowest BCUT2D eigenvalue weighted by molar-refractivity contribution is 0.0747. The molecule has 0 aliphatic carbocycles. The van der Waals surface area contributed by atoms with Crippen molar-refractivity contribution in [3.8, 4) is 11.8 Å². The molecule has 0 radical (unpaired) electrons. The summed E-state index contributed by atoms with van der Waals surface area (Å²) in [5, 5.41) is 8.70. The van der Waals surface area contributed by atoms with E-state index >= 15 is 0 Å². The van der Waals surface area contributed by atoms with Gasteiger partial charge in [0.2, 0.25) is 0 Å². The summed E-state index contributed by atoms with van der Waals surface area (Å²) in [7, 11) is 0. The second-order valence-electron chi connectivity index (χ2n) is 5.00. The minimum absolute atomic E-state index is 0.0813. The maximum absolute atomic E-state index is 12.5. The Morgan fingerprint density at radius 3 is 2.60 bits per heavy atom. The average molecular weight is 291 g/mol. The van der Waals surface area contributed by atoms with E-state index in [-0.39, 0.29) is 12.5 Å². The number of rotatable bonds is 2. The number of amides is 1. The Labute approximate surface area is 124 Å². The van der Waals surface area contributed by atoms with E-state index in [1.54, 1.807) is 0 Å². The predicted octanol–water partition coefficient (Wildman–Crippen LogP) is 2.89. The summed E-state index contributed by atoms with van der Waals surface area (Å²) in [6, 6.07) is 3.76. The van der Waals surface area contributed by atoms with E-state index in [0.717, 1.165) is 35.7 Å². The van der Waals surface area contributed by atoms with Gasteiger partial charge in [0.15, 0.2) is 0 Å². The molecule has 1 amide bonds. The number of carbonyl (C=O) groups is 1. The zero-order valence-electron chi connectivity index (χ0n) is 11.7. The van der Waals surface area contributed by atoms with Gasteiger partial charge in [0.05, 0.1) is 16.4 Å². The van der Waals surface area contributed by atoms with Crippen LogP contribution < -0.4 is 0 Å². The molecule has 20 heavy (non-hydrogen) atoms. The molecule has 0 atom stereocenters. The maximum Gasteiger partial charge on any atom is 0.263 e. The van der Waals surface area contributed by atoms with Crippen LogP contribution in [0.1, 0.15) is 53.1 Å². The fraction of sp³-hybridized carbons (Fsp3) is 0.562. The van der Waals surface area contributed by atoms with E-state index in [0.29, 0.717) is 6.42 Å². The molecular weight excluding hydrogens is 270 g/mol. The number of aliphatic hydroxyl groups excluding tert-OH is 1. The summed E-state index contributed by atoms with van der Waals surface area (Å²) < 4.78 is 0. The van der Waals surface area contributed by atoms with Crippen molar-refractivity contribution in [3.63, 3.8) is 0 Å². The van der Waals surface area contributed by atoms with Crippen LogP contribution in [0.25, 0.3) is 0 Å². The molecule has 1 saturated heterocycles. The molecule has 1 N–H and O–H groups in total. The molecule has 0 saturated carbocycles. The van der Waals surface area contributed by atoms with Crippen LogP contribution >= 0.6 is 11.3 Å². The molecule has 0 unspecified atom stereocenters. The molecule has 1 aromatic heterocycles. The highest BCUT2D eigenvalue weighted by Crippen LogP contribution is 2.19. The Morgan fingerprint density at radius 1 is 1.20 bits per heavy atom. The molecule has 0 spiro atoms. The Morgan fingerprint density at radius 2 is 1.90 bits per heavy atom. The van der Waals surface area contributed by atoms with E-state index in [1.807, 2.05) is 17.0 Å². The fourth-order valence-corrected chi connectivity index (χ4v) is 3.18. The minimum Gasteiger partial charge on any atom is -0.395 e. The van der Waals surface area contributed by atoms with Crippen molar-refractivity contribution in [2.45, 2.75) is 38.5 Å². The van der Waals surface area contributed by atoms with Crippen LogP contribution in [0.2, 0.25) is 0 Å².